The van der Waals surface area contributed by atoms with Gasteiger partial charge in [-0.15, -0.1) is 11.0 Å². The summed E-state index contributed by atoms with van der Waals surface area (Å²) in [7, 11) is 0. The Hall–Kier alpha value is -3.96. The minimum absolute atomic E-state index is 0.210. The molecule has 4 rings (SSSR count). The predicted molar refractivity (Wildman–Crippen MR) is 165 cm³/mol. The van der Waals surface area contributed by atoms with Crippen LogP contribution in [0.2, 0.25) is 0 Å². The number of fused-ring (bicyclic) bond motifs is 1. The molecule has 41 heavy (non-hydrogen) atoms. The monoisotopic (exact) mass is 571 g/mol. The van der Waals surface area contributed by atoms with Gasteiger partial charge in [-0.3, -0.25) is 4.79 Å². The molecule has 0 aliphatic rings. The number of carbonyl (C=O) groups excluding carboxylic acids is 1. The van der Waals surface area contributed by atoms with Crippen LogP contribution in [0.5, 0.6) is 11.5 Å². The summed E-state index contributed by atoms with van der Waals surface area (Å²) in [5, 5.41) is 4.78. The van der Waals surface area contributed by atoms with Gasteiger partial charge in [-0.2, -0.15) is 11.8 Å². The Kier molecular flexibility index (Phi) is 10.7. The van der Waals surface area contributed by atoms with Crippen LogP contribution in [0.1, 0.15) is 54.9 Å². The lowest BCUT2D eigenvalue weighted by Crippen LogP contribution is -2.09. The van der Waals surface area contributed by atoms with Gasteiger partial charge in [0.05, 0.1) is 25.6 Å². The molecule has 2 aromatic heterocycles. The van der Waals surface area contributed by atoms with Crippen molar-refractivity contribution in [3.63, 3.8) is 0 Å². The molecule has 0 saturated carbocycles. The van der Waals surface area contributed by atoms with Crippen LogP contribution >= 0.6 is 11.8 Å². The number of thioether (sulfide) groups is 1. The second-order valence-electron chi connectivity index (χ2n) is 9.72. The molecule has 0 bridgehead atoms. The summed E-state index contributed by atoms with van der Waals surface area (Å²) in [5.74, 6) is 8.95. The molecule has 7 nitrogen and oxygen atoms in total. The Morgan fingerprint density at radius 2 is 1.80 bits per heavy atom. The smallest absolute Gasteiger partial charge is 0.307 e. The quantitative estimate of drug-likeness (QED) is 0.0994. The maximum atomic E-state index is 12.0. The van der Waals surface area contributed by atoms with Gasteiger partial charge < -0.3 is 14.2 Å². The van der Waals surface area contributed by atoms with E-state index in [0.29, 0.717) is 25.6 Å². The first kappa shape index (κ1) is 30.0. The SMILES string of the molecule is CC#CC(CC(=O)OCC)c1ccc(OCc2ccc3nc(-c4c(C)cc(OCCCSC)cc4C)nn3c2)cc1. The summed E-state index contributed by atoms with van der Waals surface area (Å²) in [6.07, 6.45) is 5.30. The topological polar surface area (TPSA) is 75.0 Å². The van der Waals surface area contributed by atoms with Crippen LogP contribution in [0.4, 0.5) is 0 Å². The van der Waals surface area contributed by atoms with Gasteiger partial charge in [0.15, 0.2) is 11.5 Å². The molecule has 1 atom stereocenters. The molecule has 1 unspecified atom stereocenters. The molecule has 0 N–H and O–H groups in total. The van der Waals surface area contributed by atoms with Gasteiger partial charge in [0, 0.05) is 17.3 Å². The van der Waals surface area contributed by atoms with E-state index in [9.17, 15) is 4.79 Å². The molecule has 2 aromatic carbocycles. The van der Waals surface area contributed by atoms with Crippen LogP contribution in [0.25, 0.3) is 17.0 Å². The zero-order valence-corrected chi connectivity index (χ0v) is 25.2. The third-order valence-corrected chi connectivity index (χ3v) is 7.26. The molecule has 0 spiro atoms. The fourth-order valence-corrected chi connectivity index (χ4v) is 5.05. The standard InChI is InChI=1S/C33H37N3O4S/c1-6-9-27(20-31(37)38-7-2)26-11-13-28(14-12-26)40-22-25-10-15-30-34-33(35-36(30)21-25)32-23(3)18-29(19-24(32)4)39-16-8-17-41-5/h10-15,18-19,21,27H,7-8,16-17,20,22H2,1-5H3. The number of hydrogen-bond donors (Lipinski definition) is 0. The summed E-state index contributed by atoms with van der Waals surface area (Å²) >= 11 is 1.83. The van der Waals surface area contributed by atoms with Crippen molar-refractivity contribution in [2.75, 3.05) is 25.2 Å². The van der Waals surface area contributed by atoms with E-state index in [0.717, 1.165) is 57.1 Å². The van der Waals surface area contributed by atoms with Crippen molar-refractivity contribution in [2.45, 2.75) is 53.1 Å². The minimum atomic E-state index is -0.249. The van der Waals surface area contributed by atoms with Gasteiger partial charge in [-0.05, 0) is 93.1 Å². The van der Waals surface area contributed by atoms with Gasteiger partial charge >= 0.3 is 5.97 Å². The number of benzene rings is 2. The molecule has 0 radical (unpaired) electrons. The van der Waals surface area contributed by atoms with E-state index in [2.05, 4.69) is 44.1 Å². The Bertz CT molecular complexity index is 1510. The second-order valence-corrected chi connectivity index (χ2v) is 10.7. The highest BCUT2D eigenvalue weighted by Gasteiger charge is 2.16. The van der Waals surface area contributed by atoms with E-state index in [-0.39, 0.29) is 18.3 Å². The number of ether oxygens (including phenoxy) is 3. The van der Waals surface area contributed by atoms with E-state index < -0.39 is 0 Å². The summed E-state index contributed by atoms with van der Waals surface area (Å²) < 4.78 is 18.9. The zero-order chi connectivity index (χ0) is 29.2. The molecular weight excluding hydrogens is 534 g/mol. The van der Waals surface area contributed by atoms with Crippen molar-refractivity contribution in [3.05, 3.63) is 77.0 Å². The third-order valence-electron chi connectivity index (χ3n) is 6.57. The molecular formula is C33H37N3O4S. The fraction of sp³-hybridized carbons (Fsp3) is 0.364. The Morgan fingerprint density at radius 3 is 2.49 bits per heavy atom. The lowest BCUT2D eigenvalue weighted by atomic mass is 9.96. The van der Waals surface area contributed by atoms with Crippen molar-refractivity contribution in [3.8, 4) is 34.7 Å². The van der Waals surface area contributed by atoms with E-state index in [4.69, 9.17) is 24.3 Å². The number of rotatable bonds is 13. The molecule has 0 fully saturated rings. The molecule has 2 heterocycles. The lowest BCUT2D eigenvalue weighted by Gasteiger charge is -2.12. The minimum Gasteiger partial charge on any atom is -0.494 e. The fourth-order valence-electron chi connectivity index (χ4n) is 4.65. The first-order valence-electron chi connectivity index (χ1n) is 13.8. The van der Waals surface area contributed by atoms with Crippen molar-refractivity contribution in [1.82, 2.24) is 14.6 Å². The molecule has 0 saturated heterocycles. The average molecular weight is 572 g/mol. The third kappa shape index (κ3) is 8.05. The molecule has 0 aliphatic heterocycles. The number of aryl methyl sites for hydroxylation is 2. The van der Waals surface area contributed by atoms with Crippen molar-refractivity contribution >= 4 is 23.4 Å². The van der Waals surface area contributed by atoms with Gasteiger partial charge in [0.25, 0.3) is 0 Å². The average Bonchev–Trinajstić information content (AvgIpc) is 3.37. The van der Waals surface area contributed by atoms with E-state index in [1.165, 1.54) is 0 Å². The number of carbonyl (C=O) groups is 1. The highest BCUT2D eigenvalue weighted by Crippen LogP contribution is 2.30. The number of pyridine rings is 1. The van der Waals surface area contributed by atoms with Crippen LogP contribution < -0.4 is 9.47 Å². The van der Waals surface area contributed by atoms with Crippen LogP contribution in [0.3, 0.4) is 0 Å². The summed E-state index contributed by atoms with van der Waals surface area (Å²) in [6, 6.07) is 15.8. The van der Waals surface area contributed by atoms with Gasteiger partial charge in [-0.25, -0.2) is 9.50 Å². The van der Waals surface area contributed by atoms with Gasteiger partial charge in [-0.1, -0.05) is 24.1 Å². The van der Waals surface area contributed by atoms with Crippen LogP contribution in [0, 0.1) is 25.7 Å². The number of aromatic nitrogens is 3. The van der Waals surface area contributed by atoms with Crippen LogP contribution in [-0.2, 0) is 16.1 Å². The number of hydrogen-bond acceptors (Lipinski definition) is 7. The van der Waals surface area contributed by atoms with Crippen LogP contribution in [0.15, 0.2) is 54.7 Å². The molecule has 4 aromatic rings. The lowest BCUT2D eigenvalue weighted by molar-refractivity contribution is -0.143. The van der Waals surface area contributed by atoms with Crippen molar-refractivity contribution in [2.24, 2.45) is 0 Å². The summed E-state index contributed by atoms with van der Waals surface area (Å²) in [4.78, 5) is 16.7. The Balaban J connectivity index is 1.42. The maximum absolute atomic E-state index is 12.0. The first-order chi connectivity index (χ1) is 19.9. The molecule has 8 heteroatoms. The van der Waals surface area contributed by atoms with Crippen molar-refractivity contribution < 1.29 is 19.0 Å². The van der Waals surface area contributed by atoms with E-state index in [1.807, 2.05) is 54.4 Å². The Morgan fingerprint density at radius 1 is 1.05 bits per heavy atom. The largest absolute Gasteiger partial charge is 0.494 e. The normalized spacial score (nSPS) is 11.5. The highest BCUT2D eigenvalue weighted by molar-refractivity contribution is 7.98. The zero-order valence-electron chi connectivity index (χ0n) is 24.4. The Labute approximate surface area is 246 Å². The predicted octanol–water partition coefficient (Wildman–Crippen LogP) is 6.78. The van der Waals surface area contributed by atoms with E-state index >= 15 is 0 Å². The molecule has 0 aliphatic carbocycles. The van der Waals surface area contributed by atoms with Gasteiger partial charge in [0.2, 0.25) is 0 Å². The molecule has 214 valence electrons. The number of esters is 1. The first-order valence-corrected chi connectivity index (χ1v) is 15.2. The molecule has 0 amide bonds. The highest BCUT2D eigenvalue weighted by atomic mass is 32.2. The van der Waals surface area contributed by atoms with Gasteiger partial charge in [0.1, 0.15) is 18.1 Å². The van der Waals surface area contributed by atoms with E-state index in [1.54, 1.807) is 18.4 Å². The maximum Gasteiger partial charge on any atom is 0.307 e. The summed E-state index contributed by atoms with van der Waals surface area (Å²) in [5.41, 5.74) is 5.89. The number of nitrogens with zero attached hydrogens (tertiary/aromatic N) is 3. The van der Waals surface area contributed by atoms with Crippen LogP contribution in [-0.4, -0.2) is 45.8 Å². The summed E-state index contributed by atoms with van der Waals surface area (Å²) in [6.45, 7) is 9.17. The second kappa shape index (κ2) is 14.6. The van der Waals surface area contributed by atoms with Crippen molar-refractivity contribution in [1.29, 1.82) is 0 Å².